The molecule has 0 aromatic heterocycles. The van der Waals surface area contributed by atoms with Crippen LogP contribution in [0.25, 0.3) is 0 Å². The molecule has 2 unspecified atom stereocenters. The van der Waals surface area contributed by atoms with Crippen LogP contribution in [0.4, 0.5) is 0 Å². The van der Waals surface area contributed by atoms with Crippen LogP contribution in [0.2, 0.25) is 0 Å². The number of amides is 1. The van der Waals surface area contributed by atoms with Crippen molar-refractivity contribution in [1.82, 2.24) is 5.32 Å². The summed E-state index contributed by atoms with van der Waals surface area (Å²) in [6.45, 7) is 3.55. The van der Waals surface area contributed by atoms with Gasteiger partial charge in [-0.05, 0) is 13.3 Å². The van der Waals surface area contributed by atoms with Crippen LogP contribution in [0.3, 0.4) is 0 Å². The number of hydrogen-bond donors (Lipinski definition) is 1. The average Bonchev–Trinajstić information content (AvgIpc) is 2.56. The summed E-state index contributed by atoms with van der Waals surface area (Å²) < 4.78 is 5.21. The molecular weight excluding hydrogens is 178 g/mol. The van der Waals surface area contributed by atoms with Gasteiger partial charge in [0.1, 0.15) is 5.88 Å². The second-order valence-electron chi connectivity index (χ2n) is 3.11. The standard InChI is InChI=1S/C8H14ClNO2/c1-6(10-8(11)4-9)7-2-3-12-5-7/h6-7H,2-5H2,1H3,(H,10,11). The molecule has 1 aliphatic heterocycles. The molecule has 1 heterocycles. The van der Waals surface area contributed by atoms with Gasteiger partial charge in [-0.15, -0.1) is 11.6 Å². The summed E-state index contributed by atoms with van der Waals surface area (Å²) in [7, 11) is 0. The Kier molecular flexibility index (Phi) is 3.82. The highest BCUT2D eigenvalue weighted by Gasteiger charge is 2.22. The predicted octanol–water partition coefficient (Wildman–Crippen LogP) is 0.766. The molecule has 0 aromatic carbocycles. The molecule has 0 aromatic rings. The van der Waals surface area contributed by atoms with Gasteiger partial charge in [0.25, 0.3) is 0 Å². The number of hydrogen-bond acceptors (Lipinski definition) is 2. The van der Waals surface area contributed by atoms with Crippen LogP contribution < -0.4 is 5.32 Å². The topological polar surface area (TPSA) is 38.3 Å². The van der Waals surface area contributed by atoms with Gasteiger partial charge in [0, 0.05) is 18.6 Å². The molecule has 4 heteroatoms. The normalized spacial score (nSPS) is 25.3. The van der Waals surface area contributed by atoms with E-state index in [1.165, 1.54) is 0 Å². The minimum Gasteiger partial charge on any atom is -0.381 e. The van der Waals surface area contributed by atoms with E-state index in [-0.39, 0.29) is 17.8 Å². The first-order chi connectivity index (χ1) is 5.74. The maximum Gasteiger partial charge on any atom is 0.235 e. The van der Waals surface area contributed by atoms with Crippen molar-refractivity contribution in [3.8, 4) is 0 Å². The molecule has 0 radical (unpaired) electrons. The first-order valence-electron chi connectivity index (χ1n) is 4.17. The molecule has 0 aliphatic carbocycles. The Hall–Kier alpha value is -0.280. The van der Waals surface area contributed by atoms with Gasteiger partial charge in [0.05, 0.1) is 6.61 Å². The second kappa shape index (κ2) is 4.67. The number of alkyl halides is 1. The SMILES string of the molecule is CC(NC(=O)CCl)C1CCOC1. The Bertz CT molecular complexity index is 157. The molecule has 70 valence electrons. The van der Waals surface area contributed by atoms with E-state index in [1.807, 2.05) is 6.92 Å². The van der Waals surface area contributed by atoms with Crippen LogP contribution in [-0.2, 0) is 9.53 Å². The zero-order valence-corrected chi connectivity index (χ0v) is 7.93. The van der Waals surface area contributed by atoms with Gasteiger partial charge in [0.15, 0.2) is 0 Å². The number of rotatable bonds is 3. The van der Waals surface area contributed by atoms with Crippen molar-refractivity contribution in [3.05, 3.63) is 0 Å². The molecule has 0 saturated carbocycles. The fraction of sp³-hybridized carbons (Fsp3) is 0.875. The van der Waals surface area contributed by atoms with Gasteiger partial charge in [0.2, 0.25) is 5.91 Å². The zero-order chi connectivity index (χ0) is 8.97. The minimum atomic E-state index is -0.101. The Labute approximate surface area is 77.4 Å². The fourth-order valence-corrected chi connectivity index (χ4v) is 1.43. The Morgan fingerprint density at radius 2 is 2.58 bits per heavy atom. The molecular formula is C8H14ClNO2. The molecule has 3 nitrogen and oxygen atoms in total. The Morgan fingerprint density at radius 1 is 1.83 bits per heavy atom. The highest BCUT2D eigenvalue weighted by Crippen LogP contribution is 2.16. The summed E-state index contributed by atoms with van der Waals surface area (Å²) in [5.74, 6) is 0.394. The number of halogens is 1. The van der Waals surface area contributed by atoms with E-state index in [2.05, 4.69) is 5.32 Å². The molecule has 12 heavy (non-hydrogen) atoms. The van der Waals surface area contributed by atoms with E-state index in [0.29, 0.717) is 5.92 Å². The lowest BCUT2D eigenvalue weighted by molar-refractivity contribution is -0.119. The summed E-state index contributed by atoms with van der Waals surface area (Å²) >= 11 is 5.36. The van der Waals surface area contributed by atoms with Gasteiger partial charge < -0.3 is 10.1 Å². The van der Waals surface area contributed by atoms with Crippen LogP contribution in [0.5, 0.6) is 0 Å². The van der Waals surface area contributed by atoms with Crippen molar-refractivity contribution in [1.29, 1.82) is 0 Å². The van der Waals surface area contributed by atoms with Crippen LogP contribution >= 0.6 is 11.6 Å². The Balaban J connectivity index is 2.26. The summed E-state index contributed by atoms with van der Waals surface area (Å²) in [4.78, 5) is 10.9. The van der Waals surface area contributed by atoms with E-state index in [4.69, 9.17) is 16.3 Å². The second-order valence-corrected chi connectivity index (χ2v) is 3.38. The van der Waals surface area contributed by atoms with E-state index in [9.17, 15) is 4.79 Å². The summed E-state index contributed by atoms with van der Waals surface area (Å²) in [5.41, 5.74) is 0. The minimum absolute atomic E-state index is 0.0396. The zero-order valence-electron chi connectivity index (χ0n) is 7.18. The molecule has 0 bridgehead atoms. The van der Waals surface area contributed by atoms with Gasteiger partial charge in [-0.25, -0.2) is 0 Å². The third-order valence-electron chi connectivity index (χ3n) is 2.18. The van der Waals surface area contributed by atoms with Crippen molar-refractivity contribution in [2.24, 2.45) is 5.92 Å². The molecule has 0 spiro atoms. The monoisotopic (exact) mass is 191 g/mol. The lowest BCUT2D eigenvalue weighted by atomic mass is 10.0. The van der Waals surface area contributed by atoms with Crippen molar-refractivity contribution < 1.29 is 9.53 Å². The lowest BCUT2D eigenvalue weighted by Gasteiger charge is -2.18. The van der Waals surface area contributed by atoms with Crippen LogP contribution in [0.15, 0.2) is 0 Å². The molecule has 1 rings (SSSR count). The van der Waals surface area contributed by atoms with Crippen LogP contribution in [0, 0.1) is 5.92 Å². The number of carbonyl (C=O) groups is 1. The van der Waals surface area contributed by atoms with Crippen LogP contribution in [0.1, 0.15) is 13.3 Å². The first-order valence-corrected chi connectivity index (χ1v) is 4.70. The molecule has 1 aliphatic rings. The number of carbonyl (C=O) groups excluding carboxylic acids is 1. The molecule has 1 N–H and O–H groups in total. The maximum atomic E-state index is 10.9. The number of nitrogens with one attached hydrogen (secondary N) is 1. The molecule has 1 fully saturated rings. The molecule has 1 saturated heterocycles. The van der Waals surface area contributed by atoms with Crippen LogP contribution in [-0.4, -0.2) is 31.0 Å². The predicted molar refractivity (Wildman–Crippen MR) is 47.3 cm³/mol. The number of ether oxygens (including phenoxy) is 1. The molecule has 1 amide bonds. The van der Waals surface area contributed by atoms with Gasteiger partial charge >= 0.3 is 0 Å². The van der Waals surface area contributed by atoms with Gasteiger partial charge in [-0.3, -0.25) is 4.79 Å². The summed E-state index contributed by atoms with van der Waals surface area (Å²) in [5, 5.41) is 2.82. The van der Waals surface area contributed by atoms with Gasteiger partial charge in [-0.1, -0.05) is 0 Å². The summed E-state index contributed by atoms with van der Waals surface area (Å²) in [6, 6.07) is 0.179. The fourth-order valence-electron chi connectivity index (χ4n) is 1.36. The maximum absolute atomic E-state index is 10.9. The Morgan fingerprint density at radius 3 is 3.08 bits per heavy atom. The van der Waals surface area contributed by atoms with Crippen molar-refractivity contribution in [3.63, 3.8) is 0 Å². The van der Waals surface area contributed by atoms with Crippen molar-refractivity contribution in [2.75, 3.05) is 19.1 Å². The largest absolute Gasteiger partial charge is 0.381 e. The van der Waals surface area contributed by atoms with E-state index >= 15 is 0 Å². The average molecular weight is 192 g/mol. The van der Waals surface area contributed by atoms with E-state index in [1.54, 1.807) is 0 Å². The first kappa shape index (κ1) is 9.81. The van der Waals surface area contributed by atoms with Crippen molar-refractivity contribution >= 4 is 17.5 Å². The highest BCUT2D eigenvalue weighted by molar-refractivity contribution is 6.27. The third kappa shape index (κ3) is 2.64. The highest BCUT2D eigenvalue weighted by atomic mass is 35.5. The smallest absolute Gasteiger partial charge is 0.235 e. The van der Waals surface area contributed by atoms with E-state index in [0.717, 1.165) is 19.6 Å². The van der Waals surface area contributed by atoms with Gasteiger partial charge in [-0.2, -0.15) is 0 Å². The summed E-state index contributed by atoms with van der Waals surface area (Å²) in [6.07, 6.45) is 1.03. The third-order valence-corrected chi connectivity index (χ3v) is 2.42. The molecule has 2 atom stereocenters. The quantitative estimate of drug-likeness (QED) is 0.670. The lowest BCUT2D eigenvalue weighted by Crippen LogP contribution is -2.38. The van der Waals surface area contributed by atoms with E-state index < -0.39 is 0 Å². The van der Waals surface area contributed by atoms with Crippen molar-refractivity contribution in [2.45, 2.75) is 19.4 Å².